The van der Waals surface area contributed by atoms with Crippen LogP contribution in [-0.4, -0.2) is 45.5 Å². The summed E-state index contributed by atoms with van der Waals surface area (Å²) in [7, 11) is 0. The minimum Gasteiger partial charge on any atom is -0.459 e. The van der Waals surface area contributed by atoms with Gasteiger partial charge < -0.3 is 24.5 Å². The van der Waals surface area contributed by atoms with Crippen LogP contribution in [0, 0.1) is 0 Å². The zero-order valence-corrected chi connectivity index (χ0v) is 18.7. The maximum atomic E-state index is 5.79. The lowest BCUT2D eigenvalue weighted by molar-refractivity contribution is 0.0487. The largest absolute Gasteiger partial charge is 0.459 e. The smallest absolute Gasteiger partial charge is 0.191 e. The van der Waals surface area contributed by atoms with Gasteiger partial charge in [-0.1, -0.05) is 31.5 Å². The maximum Gasteiger partial charge on any atom is 0.191 e. The summed E-state index contributed by atoms with van der Waals surface area (Å²) in [5.74, 6) is 1.61. The van der Waals surface area contributed by atoms with E-state index in [-0.39, 0.29) is 24.0 Å². The van der Waals surface area contributed by atoms with E-state index in [1.165, 1.54) is 0 Å². The van der Waals surface area contributed by atoms with Crippen molar-refractivity contribution in [1.82, 2.24) is 10.6 Å². The molecule has 0 saturated heterocycles. The Hall–Kier alpha value is -1.32. The summed E-state index contributed by atoms with van der Waals surface area (Å²) in [5, 5.41) is 7.60. The monoisotopic (exact) mass is 489 g/mol. The summed E-state index contributed by atoms with van der Waals surface area (Å²) in [6.45, 7) is 8.91. The zero-order chi connectivity index (χ0) is 18.5. The summed E-state index contributed by atoms with van der Waals surface area (Å²) in [6.07, 6.45) is 2.26. The molecule has 0 bridgehead atoms. The Morgan fingerprint density at radius 3 is 2.56 bits per heavy atom. The van der Waals surface area contributed by atoms with Gasteiger partial charge in [-0.2, -0.15) is 0 Å². The Labute approximate surface area is 179 Å². The quantitative estimate of drug-likeness (QED) is 0.205. The first-order valence-electron chi connectivity index (χ1n) is 9.48. The zero-order valence-electron chi connectivity index (χ0n) is 16.3. The van der Waals surface area contributed by atoms with E-state index in [2.05, 4.69) is 22.5 Å². The normalized spacial score (nSPS) is 11.4. The van der Waals surface area contributed by atoms with Gasteiger partial charge in [0, 0.05) is 25.1 Å². The van der Waals surface area contributed by atoms with Crippen LogP contribution >= 0.6 is 24.0 Å². The Kier molecular flexibility index (Phi) is 12.9. The van der Waals surface area contributed by atoms with Crippen molar-refractivity contribution in [1.29, 1.82) is 0 Å². The van der Waals surface area contributed by atoms with Gasteiger partial charge in [-0.3, -0.25) is 0 Å². The van der Waals surface area contributed by atoms with E-state index < -0.39 is 0 Å². The number of fused-ring (bicyclic) bond motifs is 1. The number of hydrogen-bond donors (Lipinski definition) is 2. The number of furan rings is 1. The van der Waals surface area contributed by atoms with Crippen LogP contribution in [0.15, 0.2) is 39.7 Å². The predicted molar refractivity (Wildman–Crippen MR) is 121 cm³/mol. The molecule has 0 aliphatic carbocycles. The lowest BCUT2D eigenvalue weighted by Crippen LogP contribution is -2.39. The molecule has 0 unspecified atom stereocenters. The highest BCUT2D eigenvalue weighted by atomic mass is 127. The Morgan fingerprint density at radius 1 is 1.04 bits per heavy atom. The number of ether oxygens (including phenoxy) is 2. The number of benzene rings is 1. The van der Waals surface area contributed by atoms with Gasteiger partial charge in [0.05, 0.1) is 19.8 Å². The summed E-state index contributed by atoms with van der Waals surface area (Å²) < 4.78 is 16.8. The van der Waals surface area contributed by atoms with Crippen LogP contribution in [0.5, 0.6) is 0 Å². The van der Waals surface area contributed by atoms with Crippen molar-refractivity contribution in [3.63, 3.8) is 0 Å². The first kappa shape index (κ1) is 23.7. The average Bonchev–Trinajstić information content (AvgIpc) is 3.07. The average molecular weight is 489 g/mol. The van der Waals surface area contributed by atoms with Gasteiger partial charge in [-0.25, -0.2) is 4.99 Å². The highest BCUT2D eigenvalue weighted by Crippen LogP contribution is 2.19. The summed E-state index contributed by atoms with van der Waals surface area (Å²) in [5.41, 5.74) is 0.894. The molecule has 1 heterocycles. The van der Waals surface area contributed by atoms with Crippen molar-refractivity contribution < 1.29 is 13.9 Å². The number of unbranched alkanes of at least 4 members (excludes halogenated alkanes) is 1. The molecular weight excluding hydrogens is 457 g/mol. The highest BCUT2D eigenvalue weighted by molar-refractivity contribution is 14.0. The van der Waals surface area contributed by atoms with Crippen molar-refractivity contribution >= 4 is 40.9 Å². The van der Waals surface area contributed by atoms with E-state index in [4.69, 9.17) is 13.9 Å². The van der Waals surface area contributed by atoms with Crippen molar-refractivity contribution in [2.75, 3.05) is 39.5 Å². The molecule has 0 atom stereocenters. The predicted octanol–water partition coefficient (Wildman–Crippen LogP) is 3.94. The molecular formula is C20H32IN3O3. The van der Waals surface area contributed by atoms with Crippen LogP contribution in [0.25, 0.3) is 11.0 Å². The van der Waals surface area contributed by atoms with E-state index in [0.29, 0.717) is 32.9 Å². The van der Waals surface area contributed by atoms with Gasteiger partial charge in [-0.05, 0) is 25.5 Å². The lowest BCUT2D eigenvalue weighted by Gasteiger charge is -2.11. The molecule has 0 fully saturated rings. The molecule has 0 radical (unpaired) electrons. The molecule has 0 amide bonds. The third-order valence-corrected chi connectivity index (χ3v) is 3.77. The highest BCUT2D eigenvalue weighted by Gasteiger charge is 2.03. The van der Waals surface area contributed by atoms with Gasteiger partial charge in [0.1, 0.15) is 17.9 Å². The standard InChI is InChI=1S/C20H31N3O3.HI/c1-3-5-11-24-13-14-25-12-10-22-20(21-4-2)23-16-18-15-17-8-6-7-9-19(17)26-18;/h6-9,15H,3-5,10-14,16H2,1-2H3,(H2,21,22,23);1H. The third-order valence-electron chi connectivity index (χ3n) is 3.77. The Morgan fingerprint density at radius 2 is 1.81 bits per heavy atom. The second-order valence-electron chi connectivity index (χ2n) is 5.95. The molecule has 0 spiro atoms. The number of rotatable bonds is 12. The molecule has 6 nitrogen and oxygen atoms in total. The molecule has 1 aromatic carbocycles. The molecule has 2 rings (SSSR count). The molecule has 2 N–H and O–H groups in total. The third kappa shape index (κ3) is 9.44. The van der Waals surface area contributed by atoms with E-state index in [9.17, 15) is 0 Å². The van der Waals surface area contributed by atoms with E-state index in [0.717, 1.165) is 48.7 Å². The van der Waals surface area contributed by atoms with Crippen molar-refractivity contribution in [2.45, 2.75) is 33.2 Å². The molecule has 27 heavy (non-hydrogen) atoms. The first-order valence-corrected chi connectivity index (χ1v) is 9.48. The maximum absolute atomic E-state index is 5.79. The fraction of sp³-hybridized carbons (Fsp3) is 0.550. The van der Waals surface area contributed by atoms with Gasteiger partial charge in [-0.15, -0.1) is 24.0 Å². The second-order valence-corrected chi connectivity index (χ2v) is 5.95. The Bertz CT molecular complexity index is 628. The molecule has 7 heteroatoms. The second kappa shape index (κ2) is 14.7. The molecule has 0 aliphatic rings. The number of nitrogens with one attached hydrogen (secondary N) is 2. The van der Waals surface area contributed by atoms with Crippen LogP contribution in [0.4, 0.5) is 0 Å². The van der Waals surface area contributed by atoms with E-state index >= 15 is 0 Å². The molecule has 0 saturated carbocycles. The fourth-order valence-electron chi connectivity index (χ4n) is 2.42. The number of halogens is 1. The molecule has 1 aromatic heterocycles. The van der Waals surface area contributed by atoms with Gasteiger partial charge in [0.25, 0.3) is 0 Å². The number of guanidine groups is 1. The first-order chi connectivity index (χ1) is 12.8. The van der Waals surface area contributed by atoms with Crippen molar-refractivity contribution in [3.05, 3.63) is 36.1 Å². The topological polar surface area (TPSA) is 68.0 Å². The number of para-hydroxylation sites is 1. The molecule has 0 aliphatic heterocycles. The SMILES string of the molecule is CCCCOCCOCCNC(=NCc1cc2ccccc2o1)NCC.I. The van der Waals surface area contributed by atoms with Gasteiger partial charge in [0.2, 0.25) is 0 Å². The number of nitrogens with zero attached hydrogens (tertiary/aromatic N) is 1. The summed E-state index contributed by atoms with van der Waals surface area (Å²) >= 11 is 0. The lowest BCUT2D eigenvalue weighted by atomic mass is 10.2. The fourth-order valence-corrected chi connectivity index (χ4v) is 2.42. The van der Waals surface area contributed by atoms with Gasteiger partial charge >= 0.3 is 0 Å². The van der Waals surface area contributed by atoms with Crippen LogP contribution < -0.4 is 10.6 Å². The summed E-state index contributed by atoms with van der Waals surface area (Å²) in [6, 6.07) is 10.0. The summed E-state index contributed by atoms with van der Waals surface area (Å²) in [4.78, 5) is 4.57. The number of aliphatic imine (C=N–C) groups is 1. The Balaban J connectivity index is 0.00000364. The van der Waals surface area contributed by atoms with Crippen LogP contribution in [-0.2, 0) is 16.0 Å². The molecule has 152 valence electrons. The minimum atomic E-state index is 0. The molecule has 2 aromatic rings. The van der Waals surface area contributed by atoms with E-state index in [1.807, 2.05) is 37.3 Å². The van der Waals surface area contributed by atoms with Gasteiger partial charge in [0.15, 0.2) is 5.96 Å². The minimum absolute atomic E-state index is 0. The van der Waals surface area contributed by atoms with Crippen LogP contribution in [0.3, 0.4) is 0 Å². The van der Waals surface area contributed by atoms with Crippen LogP contribution in [0.2, 0.25) is 0 Å². The number of hydrogen-bond acceptors (Lipinski definition) is 4. The van der Waals surface area contributed by atoms with Crippen molar-refractivity contribution in [2.24, 2.45) is 4.99 Å². The van der Waals surface area contributed by atoms with E-state index in [1.54, 1.807) is 0 Å². The van der Waals surface area contributed by atoms with Crippen LogP contribution in [0.1, 0.15) is 32.4 Å². The van der Waals surface area contributed by atoms with Crippen molar-refractivity contribution in [3.8, 4) is 0 Å².